The highest BCUT2D eigenvalue weighted by atomic mass is 35.5. The van der Waals surface area contributed by atoms with E-state index in [2.05, 4.69) is 15.3 Å². The van der Waals surface area contributed by atoms with Crippen LogP contribution in [-0.4, -0.2) is 22.2 Å². The molecule has 2 aromatic rings. The smallest absolute Gasteiger partial charge is 0.222 e. The van der Waals surface area contributed by atoms with Crippen molar-refractivity contribution in [1.29, 1.82) is 0 Å². The monoisotopic (exact) mass is 324 g/mol. The number of hydrogen-bond donors (Lipinski definition) is 2. The number of nitrogens with two attached hydrogens (primary N) is 1. The molecule has 2 rings (SSSR count). The van der Waals surface area contributed by atoms with Crippen molar-refractivity contribution in [3.05, 3.63) is 41.4 Å². The number of thiocarbonyl (C=S) groups is 1. The lowest BCUT2D eigenvalue weighted by atomic mass is 10.2. The zero-order valence-corrected chi connectivity index (χ0v) is 12.7. The summed E-state index contributed by atoms with van der Waals surface area (Å²) in [6, 6.07) is 6.99. The summed E-state index contributed by atoms with van der Waals surface area (Å²) in [5, 5.41) is 3.17. The molecule has 0 aliphatic heterocycles. The van der Waals surface area contributed by atoms with Crippen LogP contribution in [0.3, 0.4) is 0 Å². The Labute approximate surface area is 132 Å². The van der Waals surface area contributed by atoms with Gasteiger partial charge in [0.1, 0.15) is 18.1 Å². The molecule has 0 atom stereocenters. The van der Waals surface area contributed by atoms with Crippen molar-refractivity contribution in [3.63, 3.8) is 0 Å². The van der Waals surface area contributed by atoms with Crippen molar-refractivity contribution in [3.8, 4) is 11.5 Å². The minimum atomic E-state index is 0.164. The average Bonchev–Trinajstić information content (AvgIpc) is 2.45. The van der Waals surface area contributed by atoms with Gasteiger partial charge in [0.25, 0.3) is 0 Å². The molecule has 110 valence electrons. The molecular formula is C13H13ClN4O2S. The van der Waals surface area contributed by atoms with Crippen molar-refractivity contribution >= 4 is 34.6 Å². The minimum absolute atomic E-state index is 0.164. The van der Waals surface area contributed by atoms with E-state index < -0.39 is 0 Å². The topological polar surface area (TPSA) is 82.3 Å². The maximum absolute atomic E-state index is 5.71. The molecule has 6 nitrogen and oxygen atoms in total. The van der Waals surface area contributed by atoms with Gasteiger partial charge in [-0.15, -0.1) is 0 Å². The van der Waals surface area contributed by atoms with Crippen molar-refractivity contribution in [2.45, 2.75) is 6.61 Å². The van der Waals surface area contributed by atoms with E-state index in [1.54, 1.807) is 37.6 Å². The number of halogens is 1. The second-order valence-corrected chi connectivity index (χ2v) is 4.73. The zero-order chi connectivity index (χ0) is 15.2. The fourth-order valence-corrected chi connectivity index (χ4v) is 1.88. The van der Waals surface area contributed by atoms with Gasteiger partial charge in [0, 0.05) is 12.3 Å². The molecule has 0 saturated heterocycles. The number of nitrogens with zero attached hydrogens (tertiary/aromatic N) is 2. The maximum Gasteiger partial charge on any atom is 0.222 e. The summed E-state index contributed by atoms with van der Waals surface area (Å²) in [5.41, 5.74) is 6.79. The number of ether oxygens (including phenoxy) is 2. The summed E-state index contributed by atoms with van der Waals surface area (Å²) in [6.07, 6.45) is 1.57. The quantitative estimate of drug-likeness (QED) is 0.645. The highest BCUT2D eigenvalue weighted by Crippen LogP contribution is 2.29. The van der Waals surface area contributed by atoms with Crippen LogP contribution < -0.4 is 20.5 Å². The van der Waals surface area contributed by atoms with Crippen molar-refractivity contribution in [2.75, 3.05) is 12.4 Å². The van der Waals surface area contributed by atoms with Crippen LogP contribution in [0.5, 0.6) is 11.5 Å². The number of rotatable bonds is 5. The third-order valence-electron chi connectivity index (χ3n) is 2.50. The first kappa shape index (κ1) is 15.3. The van der Waals surface area contributed by atoms with Gasteiger partial charge in [0.15, 0.2) is 5.11 Å². The molecule has 0 aliphatic carbocycles. The van der Waals surface area contributed by atoms with Crippen molar-refractivity contribution in [1.82, 2.24) is 9.97 Å². The molecule has 0 saturated carbocycles. The Morgan fingerprint density at radius 3 is 2.90 bits per heavy atom. The first-order chi connectivity index (χ1) is 10.1. The van der Waals surface area contributed by atoms with Gasteiger partial charge >= 0.3 is 0 Å². The Balaban J connectivity index is 2.08. The molecule has 0 amide bonds. The number of methoxy groups -OCH3 is 1. The molecule has 3 N–H and O–H groups in total. The number of hydrogen-bond acceptors (Lipinski definition) is 5. The van der Waals surface area contributed by atoms with Crippen LogP contribution >= 0.6 is 23.8 Å². The normalized spacial score (nSPS) is 10.0. The SMILES string of the molecule is COc1cc(OCc2ccnc(Cl)n2)ccc1NC(N)=S. The largest absolute Gasteiger partial charge is 0.494 e. The lowest BCUT2D eigenvalue weighted by molar-refractivity contribution is 0.299. The third-order valence-corrected chi connectivity index (χ3v) is 2.79. The predicted octanol–water partition coefficient (Wildman–Crippen LogP) is 2.37. The second kappa shape index (κ2) is 7.05. The number of nitrogens with one attached hydrogen (secondary N) is 1. The van der Waals surface area contributed by atoms with Crippen LogP contribution in [-0.2, 0) is 6.61 Å². The van der Waals surface area contributed by atoms with Gasteiger partial charge in [0.2, 0.25) is 5.28 Å². The molecule has 0 unspecified atom stereocenters. The number of anilines is 1. The van der Waals surface area contributed by atoms with E-state index in [4.69, 9.17) is 39.0 Å². The van der Waals surface area contributed by atoms with Gasteiger partial charge in [0.05, 0.1) is 18.5 Å². The van der Waals surface area contributed by atoms with Gasteiger partial charge in [-0.2, -0.15) is 0 Å². The van der Waals surface area contributed by atoms with E-state index >= 15 is 0 Å². The average molecular weight is 325 g/mol. The van der Waals surface area contributed by atoms with Crippen LogP contribution in [0.1, 0.15) is 5.69 Å². The molecule has 0 bridgehead atoms. The van der Waals surface area contributed by atoms with Gasteiger partial charge in [-0.25, -0.2) is 9.97 Å². The molecule has 21 heavy (non-hydrogen) atoms. The summed E-state index contributed by atoms with van der Waals surface area (Å²) in [5.74, 6) is 1.19. The first-order valence-corrected chi connectivity index (χ1v) is 6.72. The van der Waals surface area contributed by atoms with Crippen LogP contribution in [0.4, 0.5) is 5.69 Å². The Morgan fingerprint density at radius 1 is 1.43 bits per heavy atom. The van der Waals surface area contributed by atoms with Gasteiger partial charge in [-0.1, -0.05) is 0 Å². The van der Waals surface area contributed by atoms with Crippen molar-refractivity contribution < 1.29 is 9.47 Å². The van der Waals surface area contributed by atoms with Gasteiger partial charge in [-0.05, 0) is 42.0 Å². The fraction of sp³-hybridized carbons (Fsp3) is 0.154. The standard InChI is InChI=1S/C13H13ClN4O2S/c1-19-11-6-9(2-3-10(11)18-13(15)21)20-7-8-4-5-16-12(14)17-8/h2-6H,7H2,1H3,(H3,15,18,21). The maximum atomic E-state index is 5.71. The highest BCUT2D eigenvalue weighted by Gasteiger charge is 2.06. The summed E-state index contributed by atoms with van der Waals surface area (Å²) < 4.78 is 10.9. The molecule has 0 aliphatic rings. The molecule has 0 radical (unpaired) electrons. The molecule has 1 aromatic carbocycles. The lowest BCUT2D eigenvalue weighted by Crippen LogP contribution is -2.19. The molecular weight excluding hydrogens is 312 g/mol. The van der Waals surface area contributed by atoms with Gasteiger partial charge in [-0.3, -0.25) is 0 Å². The van der Waals surface area contributed by atoms with Gasteiger partial charge < -0.3 is 20.5 Å². The summed E-state index contributed by atoms with van der Waals surface area (Å²) in [4.78, 5) is 7.85. The Bertz CT molecular complexity index is 654. The van der Waals surface area contributed by atoms with E-state index in [0.717, 1.165) is 0 Å². The number of benzene rings is 1. The van der Waals surface area contributed by atoms with Crippen LogP contribution in [0.25, 0.3) is 0 Å². The first-order valence-electron chi connectivity index (χ1n) is 5.93. The number of aromatic nitrogens is 2. The summed E-state index contributed by atoms with van der Waals surface area (Å²) in [7, 11) is 1.55. The molecule has 1 aromatic heterocycles. The van der Waals surface area contributed by atoms with E-state index in [1.165, 1.54) is 0 Å². The summed E-state index contributed by atoms with van der Waals surface area (Å²) in [6.45, 7) is 0.271. The Kier molecular flexibility index (Phi) is 5.13. The lowest BCUT2D eigenvalue weighted by Gasteiger charge is -2.12. The second-order valence-electron chi connectivity index (χ2n) is 3.96. The third kappa shape index (κ3) is 4.44. The van der Waals surface area contributed by atoms with Crippen LogP contribution in [0.15, 0.2) is 30.5 Å². The van der Waals surface area contributed by atoms with Crippen molar-refractivity contribution in [2.24, 2.45) is 5.73 Å². The molecule has 8 heteroatoms. The fourth-order valence-electron chi connectivity index (χ4n) is 1.60. The van der Waals surface area contributed by atoms with E-state index in [1.807, 2.05) is 0 Å². The molecule has 1 heterocycles. The Morgan fingerprint density at radius 2 is 2.24 bits per heavy atom. The van der Waals surface area contributed by atoms with Crippen LogP contribution in [0.2, 0.25) is 5.28 Å². The Hall–Kier alpha value is -2.12. The van der Waals surface area contributed by atoms with Crippen LogP contribution in [0, 0.1) is 0 Å². The molecule has 0 spiro atoms. The van der Waals surface area contributed by atoms with E-state index in [0.29, 0.717) is 22.9 Å². The van der Waals surface area contributed by atoms with E-state index in [-0.39, 0.29) is 17.0 Å². The summed E-state index contributed by atoms with van der Waals surface area (Å²) >= 11 is 10.5. The zero-order valence-electron chi connectivity index (χ0n) is 11.2. The highest BCUT2D eigenvalue weighted by molar-refractivity contribution is 7.80. The minimum Gasteiger partial charge on any atom is -0.494 e. The predicted molar refractivity (Wildman–Crippen MR) is 84.8 cm³/mol. The van der Waals surface area contributed by atoms with E-state index in [9.17, 15) is 0 Å². The molecule has 0 fully saturated rings.